The second-order valence-corrected chi connectivity index (χ2v) is 6.04. The maximum Gasteiger partial charge on any atom is 0.306 e. The third-order valence-electron chi connectivity index (χ3n) is 2.65. The molecule has 116 valence electrons. The maximum atomic E-state index is 14.0. The van der Waals surface area contributed by atoms with Gasteiger partial charge in [0.15, 0.2) is 0 Å². The molecule has 0 saturated heterocycles. The van der Waals surface area contributed by atoms with Crippen molar-refractivity contribution in [2.45, 2.75) is 39.2 Å². The van der Waals surface area contributed by atoms with Crippen LogP contribution in [0.15, 0.2) is 18.7 Å². The molecule has 0 aliphatic carbocycles. The summed E-state index contributed by atoms with van der Waals surface area (Å²) in [6.45, 7) is 8.97. The predicted molar refractivity (Wildman–Crippen MR) is 81.9 cm³/mol. The molecular weight excluding hydrogens is 295 g/mol. The van der Waals surface area contributed by atoms with Crippen LogP contribution >= 0.6 is 11.6 Å². The Kier molecular flexibility index (Phi) is 5.75. The molecule has 0 amide bonds. The van der Waals surface area contributed by atoms with Gasteiger partial charge in [-0.3, -0.25) is 10.6 Å². The third kappa shape index (κ3) is 5.36. The van der Waals surface area contributed by atoms with Gasteiger partial charge in [0.25, 0.3) is 0 Å². The van der Waals surface area contributed by atoms with Gasteiger partial charge in [-0.15, -0.1) is 0 Å². The number of hydrogen-bond donors (Lipinski definition) is 2. The van der Waals surface area contributed by atoms with Crippen LogP contribution in [0.3, 0.4) is 0 Å². The zero-order chi connectivity index (χ0) is 16.2. The Morgan fingerprint density at radius 2 is 2.10 bits per heavy atom. The van der Waals surface area contributed by atoms with E-state index in [2.05, 4.69) is 12.0 Å². The average molecular weight is 315 g/mol. The van der Waals surface area contributed by atoms with Crippen LogP contribution in [-0.4, -0.2) is 11.6 Å². The highest BCUT2D eigenvalue weighted by Gasteiger charge is 2.17. The first-order valence-corrected chi connectivity index (χ1v) is 6.87. The number of hydrogen-bond acceptors (Lipinski definition) is 4. The fourth-order valence-corrected chi connectivity index (χ4v) is 2.02. The van der Waals surface area contributed by atoms with Crippen LogP contribution in [0.5, 0.6) is 0 Å². The van der Waals surface area contributed by atoms with Gasteiger partial charge >= 0.3 is 5.97 Å². The van der Waals surface area contributed by atoms with E-state index in [1.165, 1.54) is 12.1 Å². The molecular formula is C15H20ClFN2O2. The van der Waals surface area contributed by atoms with Crippen molar-refractivity contribution in [3.8, 4) is 0 Å². The van der Waals surface area contributed by atoms with Crippen LogP contribution < -0.4 is 11.3 Å². The largest absolute Gasteiger partial charge is 0.460 e. The number of carbonyl (C=O) groups is 1. The van der Waals surface area contributed by atoms with Crippen molar-refractivity contribution in [2.24, 2.45) is 5.84 Å². The van der Waals surface area contributed by atoms with Gasteiger partial charge in [-0.25, -0.2) is 4.39 Å². The Morgan fingerprint density at radius 1 is 1.48 bits per heavy atom. The molecule has 1 rings (SSSR count). The Hall–Kier alpha value is -1.59. The van der Waals surface area contributed by atoms with Gasteiger partial charge in [0.05, 0.1) is 10.7 Å². The quantitative estimate of drug-likeness (QED) is 0.498. The summed E-state index contributed by atoms with van der Waals surface area (Å²) in [7, 11) is 0. The van der Waals surface area contributed by atoms with Gasteiger partial charge < -0.3 is 10.2 Å². The fourth-order valence-electron chi connectivity index (χ4n) is 1.72. The zero-order valence-electron chi connectivity index (χ0n) is 12.4. The lowest BCUT2D eigenvalue weighted by Gasteiger charge is -2.19. The highest BCUT2D eigenvalue weighted by Crippen LogP contribution is 2.25. The molecule has 3 N–H and O–H groups in total. The molecule has 0 heterocycles. The minimum Gasteiger partial charge on any atom is -0.460 e. The van der Waals surface area contributed by atoms with Crippen molar-refractivity contribution >= 4 is 23.3 Å². The molecule has 0 fully saturated rings. The number of nitrogens with one attached hydrogen (secondary N) is 1. The smallest absolute Gasteiger partial charge is 0.306 e. The molecule has 0 aromatic heterocycles. The summed E-state index contributed by atoms with van der Waals surface area (Å²) >= 11 is 6.06. The van der Waals surface area contributed by atoms with Crippen LogP contribution in [0.2, 0.25) is 5.02 Å². The first kappa shape index (κ1) is 17.5. The molecule has 0 saturated carbocycles. The Labute approximate surface area is 129 Å². The van der Waals surface area contributed by atoms with E-state index in [1.54, 1.807) is 20.8 Å². The molecule has 6 heteroatoms. The van der Waals surface area contributed by atoms with E-state index in [9.17, 15) is 9.18 Å². The number of benzene rings is 1. The summed E-state index contributed by atoms with van der Waals surface area (Å²) in [5, 5.41) is 0.318. The van der Waals surface area contributed by atoms with Crippen molar-refractivity contribution in [1.82, 2.24) is 5.43 Å². The number of hydrazine groups is 1. The van der Waals surface area contributed by atoms with E-state index in [0.29, 0.717) is 21.8 Å². The minimum atomic E-state index is -0.554. The zero-order valence-corrected chi connectivity index (χ0v) is 13.2. The molecule has 0 spiro atoms. The number of esters is 1. The maximum absolute atomic E-state index is 14.0. The Bertz CT molecular complexity index is 553. The molecule has 0 unspecified atom stereocenters. The second-order valence-electron chi connectivity index (χ2n) is 5.63. The molecule has 0 aliphatic rings. The van der Waals surface area contributed by atoms with Crippen molar-refractivity contribution in [1.29, 1.82) is 0 Å². The summed E-state index contributed by atoms with van der Waals surface area (Å²) in [6.07, 6.45) is 0.295. The summed E-state index contributed by atoms with van der Waals surface area (Å²) in [4.78, 5) is 11.6. The molecule has 0 atom stereocenters. The van der Waals surface area contributed by atoms with Crippen molar-refractivity contribution in [3.63, 3.8) is 0 Å². The monoisotopic (exact) mass is 314 g/mol. The number of rotatable bonds is 5. The SMILES string of the molecule is C=C(NN)c1cc(F)c(CCC(=O)OC(C)(C)C)cc1Cl. The van der Waals surface area contributed by atoms with Crippen LogP contribution in [0.25, 0.3) is 5.70 Å². The molecule has 0 bridgehead atoms. The molecule has 0 radical (unpaired) electrons. The molecule has 21 heavy (non-hydrogen) atoms. The van der Waals surface area contributed by atoms with Crippen molar-refractivity contribution < 1.29 is 13.9 Å². The van der Waals surface area contributed by atoms with Crippen LogP contribution in [0.1, 0.15) is 38.3 Å². The summed E-state index contributed by atoms with van der Waals surface area (Å²) in [5.74, 6) is 4.38. The normalized spacial score (nSPS) is 11.1. The van der Waals surface area contributed by atoms with E-state index in [0.717, 1.165) is 0 Å². The fraction of sp³-hybridized carbons (Fsp3) is 0.400. The minimum absolute atomic E-state index is 0.0833. The summed E-state index contributed by atoms with van der Waals surface area (Å²) < 4.78 is 19.2. The lowest BCUT2D eigenvalue weighted by Crippen LogP contribution is -2.24. The van der Waals surface area contributed by atoms with Crippen LogP contribution in [0.4, 0.5) is 4.39 Å². The van der Waals surface area contributed by atoms with Gasteiger partial charge in [-0.05, 0) is 44.9 Å². The standard InChI is InChI=1S/C15H20ClFN2O2/c1-9(19-18)11-8-13(17)10(7-12(11)16)5-6-14(20)21-15(2,3)4/h7-8,19H,1,5-6,18H2,2-4H3. The third-order valence-corrected chi connectivity index (χ3v) is 2.97. The average Bonchev–Trinajstić information content (AvgIpc) is 2.36. The Balaban J connectivity index is 2.80. The van der Waals surface area contributed by atoms with Crippen molar-refractivity contribution in [2.75, 3.05) is 0 Å². The van der Waals surface area contributed by atoms with E-state index in [4.69, 9.17) is 22.2 Å². The number of nitrogens with two attached hydrogens (primary N) is 1. The summed E-state index contributed by atoms with van der Waals surface area (Å²) in [5.41, 5.74) is 2.82. The topological polar surface area (TPSA) is 64.3 Å². The second kappa shape index (κ2) is 6.91. The Morgan fingerprint density at radius 3 is 2.62 bits per heavy atom. The summed E-state index contributed by atoms with van der Waals surface area (Å²) in [6, 6.07) is 2.72. The van der Waals surface area contributed by atoms with Crippen LogP contribution in [0, 0.1) is 5.82 Å². The van der Waals surface area contributed by atoms with Crippen molar-refractivity contribution in [3.05, 3.63) is 40.7 Å². The van der Waals surface area contributed by atoms with E-state index in [1.807, 2.05) is 0 Å². The molecule has 1 aromatic carbocycles. The van der Waals surface area contributed by atoms with E-state index < -0.39 is 11.4 Å². The lowest BCUT2D eigenvalue weighted by atomic mass is 10.0. The molecule has 0 aliphatic heterocycles. The van der Waals surface area contributed by atoms with Gasteiger partial charge in [0.1, 0.15) is 11.4 Å². The molecule has 4 nitrogen and oxygen atoms in total. The van der Waals surface area contributed by atoms with Crippen LogP contribution in [-0.2, 0) is 16.0 Å². The van der Waals surface area contributed by atoms with Gasteiger partial charge in [0.2, 0.25) is 0 Å². The number of ether oxygens (including phenoxy) is 1. The predicted octanol–water partition coefficient (Wildman–Crippen LogP) is 3.19. The van der Waals surface area contributed by atoms with E-state index >= 15 is 0 Å². The van der Waals surface area contributed by atoms with Gasteiger partial charge in [0, 0.05) is 12.0 Å². The van der Waals surface area contributed by atoms with Gasteiger partial charge in [-0.2, -0.15) is 0 Å². The first-order chi connectivity index (χ1) is 9.64. The highest BCUT2D eigenvalue weighted by atomic mass is 35.5. The number of halogens is 2. The number of aryl methyl sites for hydroxylation is 1. The number of carbonyl (C=O) groups excluding carboxylic acids is 1. The molecule has 1 aromatic rings. The first-order valence-electron chi connectivity index (χ1n) is 6.49. The lowest BCUT2D eigenvalue weighted by molar-refractivity contribution is -0.154. The van der Waals surface area contributed by atoms with E-state index in [-0.39, 0.29) is 18.8 Å². The highest BCUT2D eigenvalue weighted by molar-refractivity contribution is 6.32. The van der Waals surface area contributed by atoms with Gasteiger partial charge in [-0.1, -0.05) is 18.2 Å².